The average Bonchev–Trinajstić information content (AvgIpc) is 2.83. The minimum atomic E-state index is 0.745. The van der Waals surface area contributed by atoms with E-state index >= 15 is 0 Å². The van der Waals surface area contributed by atoms with Gasteiger partial charge in [-0.1, -0.05) is 43.2 Å². The Labute approximate surface area is 125 Å². The van der Waals surface area contributed by atoms with Gasteiger partial charge < -0.3 is 10.2 Å². The number of hydrogen-bond acceptors (Lipinski definition) is 5. The van der Waals surface area contributed by atoms with Crippen molar-refractivity contribution in [1.82, 2.24) is 15.2 Å². The molecule has 0 unspecified atom stereocenters. The lowest BCUT2D eigenvalue weighted by Gasteiger charge is -2.19. The summed E-state index contributed by atoms with van der Waals surface area (Å²) in [5.74, 6) is 1.53. The van der Waals surface area contributed by atoms with Crippen LogP contribution in [0.2, 0.25) is 0 Å². The number of nitrogens with one attached hydrogen (secondary N) is 1. The molecule has 0 amide bonds. The molecule has 0 saturated carbocycles. The van der Waals surface area contributed by atoms with E-state index in [1.54, 1.807) is 6.20 Å². The standard InChI is InChI=1S/C16H21N5/c1-2-7-11-21(10-6-1)16-19-15(13-18-20-16)17-12-14-8-4-3-5-9-14/h3-5,8-9,13H,1-2,6-7,10-12H2,(H,17,19,20). The first-order valence-electron chi connectivity index (χ1n) is 7.64. The van der Waals surface area contributed by atoms with E-state index in [2.05, 4.69) is 37.5 Å². The van der Waals surface area contributed by atoms with Gasteiger partial charge in [0, 0.05) is 19.6 Å². The summed E-state index contributed by atoms with van der Waals surface area (Å²) >= 11 is 0. The molecule has 1 aliphatic heterocycles. The van der Waals surface area contributed by atoms with Crippen LogP contribution in [0.1, 0.15) is 31.2 Å². The first-order valence-corrected chi connectivity index (χ1v) is 7.64. The summed E-state index contributed by atoms with van der Waals surface area (Å²) in [5.41, 5.74) is 1.23. The molecule has 1 N–H and O–H groups in total. The maximum atomic E-state index is 4.59. The van der Waals surface area contributed by atoms with Crippen LogP contribution in [0.15, 0.2) is 36.5 Å². The highest BCUT2D eigenvalue weighted by atomic mass is 15.3. The van der Waals surface area contributed by atoms with Crippen molar-refractivity contribution in [2.24, 2.45) is 0 Å². The summed E-state index contributed by atoms with van der Waals surface area (Å²) in [6.45, 7) is 2.81. The quantitative estimate of drug-likeness (QED) is 0.935. The fourth-order valence-electron chi connectivity index (χ4n) is 2.57. The predicted octanol–water partition coefficient (Wildman–Crippen LogP) is 2.86. The van der Waals surface area contributed by atoms with E-state index in [1.165, 1.54) is 31.2 Å². The van der Waals surface area contributed by atoms with Crippen LogP contribution in [0.5, 0.6) is 0 Å². The molecule has 3 rings (SSSR count). The molecular formula is C16H21N5. The van der Waals surface area contributed by atoms with Crippen molar-refractivity contribution < 1.29 is 0 Å². The van der Waals surface area contributed by atoms with Gasteiger partial charge >= 0.3 is 0 Å². The van der Waals surface area contributed by atoms with Gasteiger partial charge in [0.05, 0.1) is 6.20 Å². The minimum absolute atomic E-state index is 0.745. The second kappa shape index (κ2) is 7.02. The number of benzene rings is 1. The van der Waals surface area contributed by atoms with Crippen molar-refractivity contribution in [3.05, 3.63) is 42.1 Å². The number of rotatable bonds is 4. The van der Waals surface area contributed by atoms with Crippen molar-refractivity contribution in [3.63, 3.8) is 0 Å². The van der Waals surface area contributed by atoms with Crippen LogP contribution in [-0.4, -0.2) is 28.3 Å². The predicted molar refractivity (Wildman–Crippen MR) is 84.3 cm³/mol. The van der Waals surface area contributed by atoms with Crippen LogP contribution >= 0.6 is 0 Å². The highest BCUT2D eigenvalue weighted by Crippen LogP contribution is 2.16. The van der Waals surface area contributed by atoms with Gasteiger partial charge in [-0.2, -0.15) is 10.1 Å². The third-order valence-electron chi connectivity index (χ3n) is 3.75. The highest BCUT2D eigenvalue weighted by Gasteiger charge is 2.13. The molecule has 0 radical (unpaired) electrons. The van der Waals surface area contributed by atoms with Crippen LogP contribution in [0, 0.1) is 0 Å². The number of hydrogen-bond donors (Lipinski definition) is 1. The summed E-state index contributed by atoms with van der Waals surface area (Å²) in [7, 11) is 0. The highest BCUT2D eigenvalue weighted by molar-refractivity contribution is 5.39. The first kappa shape index (κ1) is 13.8. The van der Waals surface area contributed by atoms with Crippen LogP contribution < -0.4 is 10.2 Å². The van der Waals surface area contributed by atoms with Crippen LogP contribution in [0.25, 0.3) is 0 Å². The fraction of sp³-hybridized carbons (Fsp3) is 0.438. The van der Waals surface area contributed by atoms with Gasteiger partial charge in [-0.15, -0.1) is 5.10 Å². The third kappa shape index (κ3) is 3.90. The first-order chi connectivity index (χ1) is 10.4. The van der Waals surface area contributed by atoms with Crippen molar-refractivity contribution in [3.8, 4) is 0 Å². The molecule has 0 spiro atoms. The molecular weight excluding hydrogens is 262 g/mol. The van der Waals surface area contributed by atoms with Gasteiger partial charge in [0.1, 0.15) is 0 Å². The van der Waals surface area contributed by atoms with Gasteiger partial charge in [-0.25, -0.2) is 0 Å². The zero-order valence-corrected chi connectivity index (χ0v) is 12.2. The molecule has 2 aromatic rings. The van der Waals surface area contributed by atoms with Crippen LogP contribution in [0.4, 0.5) is 11.8 Å². The molecule has 0 bridgehead atoms. The average molecular weight is 283 g/mol. The molecule has 21 heavy (non-hydrogen) atoms. The molecule has 2 heterocycles. The van der Waals surface area contributed by atoms with Crippen LogP contribution in [0.3, 0.4) is 0 Å². The smallest absolute Gasteiger partial charge is 0.247 e. The Bertz CT molecular complexity index is 550. The minimum Gasteiger partial charge on any atom is -0.365 e. The fourth-order valence-corrected chi connectivity index (χ4v) is 2.57. The molecule has 1 fully saturated rings. The zero-order valence-electron chi connectivity index (χ0n) is 12.2. The third-order valence-corrected chi connectivity index (χ3v) is 3.75. The second-order valence-corrected chi connectivity index (χ2v) is 5.38. The van der Waals surface area contributed by atoms with E-state index in [4.69, 9.17) is 0 Å². The molecule has 0 aliphatic carbocycles. The second-order valence-electron chi connectivity index (χ2n) is 5.38. The molecule has 0 atom stereocenters. The van der Waals surface area contributed by atoms with Gasteiger partial charge in [0.2, 0.25) is 5.95 Å². The van der Waals surface area contributed by atoms with E-state index < -0.39 is 0 Å². The van der Waals surface area contributed by atoms with Crippen molar-refractivity contribution >= 4 is 11.8 Å². The lowest BCUT2D eigenvalue weighted by Crippen LogP contribution is -2.26. The lowest BCUT2D eigenvalue weighted by molar-refractivity contribution is 0.726. The Morgan fingerprint density at radius 1 is 1.00 bits per heavy atom. The summed E-state index contributed by atoms with van der Waals surface area (Å²) in [4.78, 5) is 6.84. The van der Waals surface area contributed by atoms with Gasteiger partial charge in [0.15, 0.2) is 5.82 Å². The number of anilines is 2. The maximum Gasteiger partial charge on any atom is 0.247 e. The van der Waals surface area contributed by atoms with E-state index in [9.17, 15) is 0 Å². The molecule has 1 aromatic heterocycles. The summed E-state index contributed by atoms with van der Waals surface area (Å²) in [5, 5.41) is 11.6. The Balaban J connectivity index is 1.65. The van der Waals surface area contributed by atoms with E-state index in [0.717, 1.165) is 31.4 Å². The summed E-state index contributed by atoms with van der Waals surface area (Å²) in [6, 6.07) is 10.3. The van der Waals surface area contributed by atoms with E-state index in [0.29, 0.717) is 0 Å². The molecule has 1 aromatic carbocycles. The topological polar surface area (TPSA) is 53.9 Å². The number of nitrogens with zero attached hydrogens (tertiary/aromatic N) is 4. The van der Waals surface area contributed by atoms with Crippen molar-refractivity contribution in [2.45, 2.75) is 32.2 Å². The monoisotopic (exact) mass is 283 g/mol. The summed E-state index contributed by atoms with van der Waals surface area (Å²) in [6.07, 6.45) is 6.71. The SMILES string of the molecule is c1ccc(CNc2cnnc(N3CCCCCC3)n2)cc1. The van der Waals surface area contributed by atoms with Crippen molar-refractivity contribution in [2.75, 3.05) is 23.3 Å². The Morgan fingerprint density at radius 2 is 1.76 bits per heavy atom. The largest absolute Gasteiger partial charge is 0.365 e. The molecule has 110 valence electrons. The van der Waals surface area contributed by atoms with Crippen LogP contribution in [-0.2, 0) is 6.54 Å². The normalized spacial score (nSPS) is 15.5. The molecule has 1 saturated heterocycles. The summed E-state index contributed by atoms with van der Waals surface area (Å²) < 4.78 is 0. The van der Waals surface area contributed by atoms with Gasteiger partial charge in [-0.05, 0) is 18.4 Å². The molecule has 1 aliphatic rings. The molecule has 5 nitrogen and oxygen atoms in total. The Morgan fingerprint density at radius 3 is 2.52 bits per heavy atom. The van der Waals surface area contributed by atoms with Gasteiger partial charge in [-0.3, -0.25) is 0 Å². The Kier molecular flexibility index (Phi) is 4.61. The molecule has 5 heteroatoms. The lowest BCUT2D eigenvalue weighted by atomic mass is 10.2. The number of aromatic nitrogens is 3. The maximum absolute atomic E-state index is 4.59. The van der Waals surface area contributed by atoms with Gasteiger partial charge in [0.25, 0.3) is 0 Å². The Hall–Kier alpha value is -2.17. The van der Waals surface area contributed by atoms with E-state index in [-0.39, 0.29) is 0 Å². The zero-order chi connectivity index (χ0) is 14.3. The van der Waals surface area contributed by atoms with E-state index in [1.807, 2.05) is 18.2 Å². The van der Waals surface area contributed by atoms with Crippen molar-refractivity contribution in [1.29, 1.82) is 0 Å².